The van der Waals surface area contributed by atoms with Crippen LogP contribution in [0.4, 0.5) is 4.79 Å². The molecule has 0 spiro atoms. The standard InChI is InChI=1S/C35H34N2O6S/c1-21-12-14-25(15-13-21)44(41,42)37-18-30-22(2)16-24(23(3)31(30)19-37)17-33(34(38)39)36-35(40)43-20-32-28-10-6-4-8-26(28)27-9-5-7-11-29(27)32/h4-16,32-33H,17-20H2,1-3H3,(H,36,40)(H,38,39). The van der Waals surface area contributed by atoms with Crippen molar-refractivity contribution in [2.45, 2.75) is 57.1 Å². The fourth-order valence-electron chi connectivity index (χ4n) is 6.40. The van der Waals surface area contributed by atoms with E-state index in [0.29, 0.717) is 0 Å². The van der Waals surface area contributed by atoms with Crippen molar-refractivity contribution in [2.75, 3.05) is 6.61 Å². The maximum absolute atomic E-state index is 13.4. The number of carboxylic acid groups (broad SMARTS) is 1. The molecule has 0 bridgehead atoms. The molecule has 2 N–H and O–H groups in total. The van der Waals surface area contributed by atoms with Gasteiger partial charge in [0.15, 0.2) is 0 Å². The minimum absolute atomic E-state index is 0.0319. The zero-order chi connectivity index (χ0) is 31.2. The minimum Gasteiger partial charge on any atom is -0.480 e. The summed E-state index contributed by atoms with van der Waals surface area (Å²) in [5.41, 5.74) is 9.57. The van der Waals surface area contributed by atoms with E-state index in [0.717, 1.165) is 55.6 Å². The number of nitrogens with one attached hydrogen (secondary N) is 1. The van der Waals surface area contributed by atoms with Crippen molar-refractivity contribution in [2.24, 2.45) is 0 Å². The molecule has 0 saturated heterocycles. The van der Waals surface area contributed by atoms with Crippen LogP contribution < -0.4 is 5.32 Å². The monoisotopic (exact) mass is 610 g/mol. The first-order valence-corrected chi connectivity index (χ1v) is 16.0. The largest absolute Gasteiger partial charge is 0.480 e. The molecule has 4 aromatic carbocycles. The van der Waals surface area contributed by atoms with Gasteiger partial charge in [0.2, 0.25) is 10.0 Å². The SMILES string of the molecule is Cc1ccc(S(=O)(=O)N2Cc3c(C)cc(CC(NC(=O)OCC4c5ccccc5-c5ccccc54)C(=O)O)c(C)c3C2)cc1. The maximum atomic E-state index is 13.4. The minimum atomic E-state index is -3.71. The lowest BCUT2D eigenvalue weighted by molar-refractivity contribution is -0.139. The van der Waals surface area contributed by atoms with Crippen molar-refractivity contribution >= 4 is 22.1 Å². The summed E-state index contributed by atoms with van der Waals surface area (Å²) in [5, 5.41) is 12.6. The van der Waals surface area contributed by atoms with Gasteiger partial charge in [-0.25, -0.2) is 18.0 Å². The van der Waals surface area contributed by atoms with Crippen LogP contribution >= 0.6 is 0 Å². The molecule has 9 heteroatoms. The van der Waals surface area contributed by atoms with Gasteiger partial charge in [-0.2, -0.15) is 4.31 Å². The van der Waals surface area contributed by atoms with Crippen molar-refractivity contribution in [3.05, 3.63) is 123 Å². The molecule has 0 saturated carbocycles. The van der Waals surface area contributed by atoms with E-state index >= 15 is 0 Å². The third-order valence-corrected chi connectivity index (χ3v) is 10.7. The zero-order valence-corrected chi connectivity index (χ0v) is 25.6. The van der Waals surface area contributed by atoms with Crippen molar-refractivity contribution in [1.82, 2.24) is 9.62 Å². The fraction of sp³-hybridized carbons (Fsp3) is 0.257. The topological polar surface area (TPSA) is 113 Å². The summed E-state index contributed by atoms with van der Waals surface area (Å²) in [5.74, 6) is -1.32. The molecule has 1 unspecified atom stereocenters. The Morgan fingerprint density at radius 1 is 0.909 bits per heavy atom. The quantitative estimate of drug-likeness (QED) is 0.259. The Hall–Kier alpha value is -4.47. The van der Waals surface area contributed by atoms with Crippen LogP contribution in [0.15, 0.2) is 83.8 Å². The molecule has 2 aliphatic rings. The first kappa shape index (κ1) is 29.6. The highest BCUT2D eigenvalue weighted by Gasteiger charge is 2.34. The molecule has 226 valence electrons. The van der Waals surface area contributed by atoms with Gasteiger partial charge in [-0.15, -0.1) is 0 Å². The Bertz CT molecular complexity index is 1840. The number of carboxylic acids is 1. The number of ether oxygens (including phenoxy) is 1. The summed E-state index contributed by atoms with van der Waals surface area (Å²) in [7, 11) is -3.71. The van der Waals surface area contributed by atoms with E-state index in [2.05, 4.69) is 5.32 Å². The summed E-state index contributed by atoms with van der Waals surface area (Å²) >= 11 is 0. The first-order valence-electron chi connectivity index (χ1n) is 14.6. The van der Waals surface area contributed by atoms with Crippen LogP contribution in [0, 0.1) is 20.8 Å². The van der Waals surface area contributed by atoms with Gasteiger partial charge < -0.3 is 15.2 Å². The van der Waals surface area contributed by atoms with Crippen LogP contribution in [-0.2, 0) is 39.1 Å². The third-order valence-electron chi connectivity index (χ3n) is 8.85. The number of sulfonamides is 1. The molecule has 6 rings (SSSR count). The van der Waals surface area contributed by atoms with E-state index in [1.807, 2.05) is 75.4 Å². The van der Waals surface area contributed by atoms with Crippen LogP contribution in [0.5, 0.6) is 0 Å². The zero-order valence-electron chi connectivity index (χ0n) is 24.8. The van der Waals surface area contributed by atoms with E-state index in [1.54, 1.807) is 24.3 Å². The highest BCUT2D eigenvalue weighted by molar-refractivity contribution is 7.89. The van der Waals surface area contributed by atoms with Crippen molar-refractivity contribution in [1.29, 1.82) is 0 Å². The predicted octanol–water partition coefficient (Wildman–Crippen LogP) is 5.85. The molecule has 1 atom stereocenters. The van der Waals surface area contributed by atoms with E-state index in [9.17, 15) is 23.1 Å². The Morgan fingerprint density at radius 2 is 1.50 bits per heavy atom. The predicted molar refractivity (Wildman–Crippen MR) is 167 cm³/mol. The number of hydrogen-bond donors (Lipinski definition) is 2. The lowest BCUT2D eigenvalue weighted by atomic mass is 9.91. The Kier molecular flexibility index (Phi) is 7.77. The van der Waals surface area contributed by atoms with Gasteiger partial charge in [0, 0.05) is 25.4 Å². The molecule has 1 aliphatic heterocycles. The average Bonchev–Trinajstić information content (AvgIpc) is 3.60. The van der Waals surface area contributed by atoms with Gasteiger partial charge in [-0.1, -0.05) is 72.3 Å². The second-order valence-electron chi connectivity index (χ2n) is 11.6. The normalized spacial score (nSPS) is 14.9. The Balaban J connectivity index is 1.16. The van der Waals surface area contributed by atoms with E-state index in [1.165, 1.54) is 4.31 Å². The molecule has 1 aliphatic carbocycles. The third kappa shape index (κ3) is 5.37. The van der Waals surface area contributed by atoms with Gasteiger partial charge in [0.25, 0.3) is 0 Å². The molecule has 1 heterocycles. The molecule has 44 heavy (non-hydrogen) atoms. The first-order chi connectivity index (χ1) is 21.0. The molecule has 0 fully saturated rings. The number of carbonyl (C=O) groups is 2. The molecular weight excluding hydrogens is 576 g/mol. The molecule has 1 amide bonds. The van der Waals surface area contributed by atoms with Gasteiger partial charge >= 0.3 is 12.1 Å². The van der Waals surface area contributed by atoms with Gasteiger partial charge in [-0.05, 0) is 83.0 Å². The van der Waals surface area contributed by atoms with Gasteiger partial charge in [0.05, 0.1) is 4.90 Å². The number of alkyl carbamates (subject to hydrolysis) is 1. The average molecular weight is 611 g/mol. The number of rotatable bonds is 8. The number of hydrogen-bond acceptors (Lipinski definition) is 5. The molecule has 0 radical (unpaired) electrons. The van der Waals surface area contributed by atoms with Crippen LogP contribution in [0.2, 0.25) is 0 Å². The van der Waals surface area contributed by atoms with Gasteiger partial charge in [-0.3, -0.25) is 0 Å². The summed E-state index contributed by atoms with van der Waals surface area (Å²) in [4.78, 5) is 25.4. The maximum Gasteiger partial charge on any atom is 0.407 e. The van der Waals surface area contributed by atoms with Crippen molar-refractivity contribution in [3.63, 3.8) is 0 Å². The fourth-order valence-corrected chi connectivity index (χ4v) is 7.78. The second kappa shape index (κ2) is 11.6. The van der Waals surface area contributed by atoms with E-state index in [-0.39, 0.29) is 36.9 Å². The van der Waals surface area contributed by atoms with Gasteiger partial charge in [0.1, 0.15) is 12.6 Å². The number of fused-ring (bicyclic) bond motifs is 4. The summed E-state index contributed by atoms with van der Waals surface area (Å²) in [6, 6.07) is 23.5. The number of aliphatic carboxylic acids is 1. The second-order valence-corrected chi connectivity index (χ2v) is 13.5. The van der Waals surface area contributed by atoms with Crippen LogP contribution in [0.1, 0.15) is 50.4 Å². The van der Waals surface area contributed by atoms with E-state index < -0.39 is 28.1 Å². The molecule has 0 aromatic heterocycles. The number of aryl methyl sites for hydroxylation is 2. The number of benzene rings is 4. The van der Waals surface area contributed by atoms with Crippen LogP contribution in [0.25, 0.3) is 11.1 Å². The highest BCUT2D eigenvalue weighted by Crippen LogP contribution is 2.44. The lowest BCUT2D eigenvalue weighted by Crippen LogP contribution is -2.43. The van der Waals surface area contributed by atoms with Crippen LogP contribution in [-0.4, -0.2) is 42.5 Å². The summed E-state index contributed by atoms with van der Waals surface area (Å²) in [6.45, 7) is 6.21. The van der Waals surface area contributed by atoms with Crippen molar-refractivity contribution in [3.8, 4) is 11.1 Å². The summed E-state index contributed by atoms with van der Waals surface area (Å²) in [6.07, 6.45) is -0.769. The lowest BCUT2D eigenvalue weighted by Gasteiger charge is -2.19. The Labute approximate surface area is 257 Å². The van der Waals surface area contributed by atoms with Crippen molar-refractivity contribution < 1.29 is 27.9 Å². The molecule has 8 nitrogen and oxygen atoms in total. The highest BCUT2D eigenvalue weighted by atomic mass is 32.2. The number of nitrogens with zero attached hydrogens (tertiary/aromatic N) is 1. The molecular formula is C35H34N2O6S. The smallest absolute Gasteiger partial charge is 0.407 e. The number of amides is 1. The number of carbonyl (C=O) groups excluding carboxylic acids is 1. The molecule has 4 aromatic rings. The summed E-state index contributed by atoms with van der Waals surface area (Å²) < 4.78 is 33.8. The Morgan fingerprint density at radius 3 is 2.11 bits per heavy atom. The van der Waals surface area contributed by atoms with E-state index in [4.69, 9.17) is 4.74 Å². The van der Waals surface area contributed by atoms with Crippen LogP contribution in [0.3, 0.4) is 0 Å².